The molecule has 1 heterocycles. The molecule has 0 N–H and O–H groups in total. The highest BCUT2D eigenvalue weighted by atomic mass is 35.5. The van der Waals surface area contributed by atoms with Gasteiger partial charge in [-0.1, -0.05) is 41.9 Å². The number of amides is 2. The van der Waals surface area contributed by atoms with Crippen molar-refractivity contribution in [1.82, 2.24) is 0 Å². The predicted molar refractivity (Wildman–Crippen MR) is 100 cm³/mol. The number of methoxy groups -OCH3 is 1. The number of carbonyl (C=O) groups is 3. The number of halogens is 1. The van der Waals surface area contributed by atoms with Crippen LogP contribution in [0.3, 0.4) is 0 Å². The molecule has 0 aromatic heterocycles. The van der Waals surface area contributed by atoms with Gasteiger partial charge in [0.25, 0.3) is 11.8 Å². The fraction of sp³-hybridized carbons (Fsp3) is 0.150. The van der Waals surface area contributed by atoms with E-state index in [9.17, 15) is 14.4 Å². The van der Waals surface area contributed by atoms with E-state index in [0.29, 0.717) is 23.4 Å². The van der Waals surface area contributed by atoms with E-state index in [1.165, 1.54) is 31.4 Å². The Morgan fingerprint density at radius 2 is 1.63 bits per heavy atom. The van der Waals surface area contributed by atoms with Gasteiger partial charge in [-0.25, -0.2) is 9.69 Å². The van der Waals surface area contributed by atoms with Crippen LogP contribution < -0.4 is 4.90 Å². The Morgan fingerprint density at radius 1 is 0.963 bits per heavy atom. The van der Waals surface area contributed by atoms with Crippen LogP contribution in [0.2, 0.25) is 0 Å². The Bertz CT molecular complexity index is 906. The Morgan fingerprint density at radius 3 is 2.26 bits per heavy atom. The van der Waals surface area contributed by atoms with Gasteiger partial charge in [0.2, 0.25) is 0 Å². The van der Waals surface area contributed by atoms with Gasteiger partial charge in [0, 0.05) is 7.11 Å². The van der Waals surface area contributed by atoms with Crippen molar-refractivity contribution >= 4 is 40.6 Å². The van der Waals surface area contributed by atoms with Crippen molar-refractivity contribution in [3.63, 3.8) is 0 Å². The topological polar surface area (TPSA) is 72.9 Å². The zero-order valence-electron chi connectivity index (χ0n) is 14.5. The maximum atomic E-state index is 12.8. The molecule has 1 aliphatic heterocycles. The van der Waals surface area contributed by atoms with Crippen molar-refractivity contribution in [3.8, 4) is 0 Å². The van der Waals surface area contributed by atoms with Crippen LogP contribution in [0.5, 0.6) is 0 Å². The molecule has 1 aliphatic rings. The van der Waals surface area contributed by atoms with E-state index in [1.54, 1.807) is 30.3 Å². The van der Waals surface area contributed by atoms with Gasteiger partial charge in [-0.05, 0) is 29.8 Å². The minimum absolute atomic E-state index is 0.130. The lowest BCUT2D eigenvalue weighted by Gasteiger charge is -2.15. The molecule has 0 radical (unpaired) electrons. The lowest BCUT2D eigenvalue weighted by atomic mass is 10.1. The van der Waals surface area contributed by atoms with Crippen LogP contribution >= 0.6 is 11.6 Å². The summed E-state index contributed by atoms with van der Waals surface area (Å²) >= 11 is 6.14. The first-order valence-corrected chi connectivity index (χ1v) is 8.52. The van der Waals surface area contributed by atoms with E-state index in [0.717, 1.165) is 4.90 Å². The molecule has 7 heteroatoms. The zero-order chi connectivity index (χ0) is 19.4. The summed E-state index contributed by atoms with van der Waals surface area (Å²) in [6, 6.07) is 14.7. The normalized spacial score (nSPS) is 14.1. The first-order valence-electron chi connectivity index (χ1n) is 8.14. The fourth-order valence-electron chi connectivity index (χ4n) is 2.64. The number of ether oxygens (including phenoxy) is 2. The van der Waals surface area contributed by atoms with E-state index in [-0.39, 0.29) is 17.2 Å². The standard InChI is InChI=1S/C20H16ClNO5/c1-26-11-12-27-20(25)14-7-9-15(10-8-14)22-18(23)16(17(21)19(22)24)13-5-3-2-4-6-13/h2-10H,11-12H2,1H3. The summed E-state index contributed by atoms with van der Waals surface area (Å²) in [7, 11) is 1.51. The van der Waals surface area contributed by atoms with Crippen molar-refractivity contribution < 1.29 is 23.9 Å². The second-order valence-corrected chi connectivity index (χ2v) is 6.05. The average Bonchev–Trinajstić information content (AvgIpc) is 2.91. The molecule has 27 heavy (non-hydrogen) atoms. The van der Waals surface area contributed by atoms with Crippen molar-refractivity contribution in [2.24, 2.45) is 0 Å². The van der Waals surface area contributed by atoms with Gasteiger partial charge >= 0.3 is 5.97 Å². The van der Waals surface area contributed by atoms with Crippen LogP contribution in [0.15, 0.2) is 59.6 Å². The lowest BCUT2D eigenvalue weighted by molar-refractivity contribution is -0.119. The Balaban J connectivity index is 1.81. The molecule has 0 aliphatic carbocycles. The molecule has 138 valence electrons. The number of imide groups is 1. The van der Waals surface area contributed by atoms with Crippen LogP contribution in [-0.2, 0) is 19.1 Å². The molecule has 2 aromatic carbocycles. The van der Waals surface area contributed by atoms with E-state index in [1.807, 2.05) is 0 Å². The highest BCUT2D eigenvalue weighted by Crippen LogP contribution is 2.34. The molecule has 6 nitrogen and oxygen atoms in total. The van der Waals surface area contributed by atoms with Crippen molar-refractivity contribution in [1.29, 1.82) is 0 Å². The third kappa shape index (κ3) is 3.77. The number of hydrogen-bond acceptors (Lipinski definition) is 5. The Labute approximate surface area is 160 Å². The van der Waals surface area contributed by atoms with Crippen LogP contribution in [-0.4, -0.2) is 38.1 Å². The molecule has 0 atom stereocenters. The Kier molecular flexibility index (Phi) is 5.69. The Hall–Kier alpha value is -2.96. The van der Waals surface area contributed by atoms with Gasteiger partial charge in [-0.3, -0.25) is 9.59 Å². The fourth-order valence-corrected chi connectivity index (χ4v) is 2.91. The maximum Gasteiger partial charge on any atom is 0.338 e. The number of hydrogen-bond donors (Lipinski definition) is 0. The van der Waals surface area contributed by atoms with Crippen molar-refractivity contribution in [2.45, 2.75) is 0 Å². The highest BCUT2D eigenvalue weighted by Gasteiger charge is 2.39. The molecule has 0 saturated heterocycles. The molecule has 0 spiro atoms. The first-order chi connectivity index (χ1) is 13.0. The molecule has 0 unspecified atom stereocenters. The summed E-state index contributed by atoms with van der Waals surface area (Å²) in [5, 5.41) is -0.130. The molecule has 0 bridgehead atoms. The number of nitrogens with zero attached hydrogens (tertiary/aromatic N) is 1. The molecule has 0 fully saturated rings. The van der Waals surface area contributed by atoms with Gasteiger partial charge < -0.3 is 9.47 Å². The van der Waals surface area contributed by atoms with Gasteiger partial charge in [0.15, 0.2) is 0 Å². The smallest absolute Gasteiger partial charge is 0.338 e. The summed E-state index contributed by atoms with van der Waals surface area (Å²) in [5.74, 6) is -1.62. The number of anilines is 1. The van der Waals surface area contributed by atoms with Crippen LogP contribution in [0.1, 0.15) is 15.9 Å². The minimum Gasteiger partial charge on any atom is -0.460 e. The number of carbonyl (C=O) groups excluding carboxylic acids is 3. The first kappa shape index (κ1) is 18.8. The highest BCUT2D eigenvalue weighted by molar-refractivity contribution is 6.60. The molecule has 0 saturated carbocycles. The summed E-state index contributed by atoms with van der Waals surface area (Å²) in [5.41, 5.74) is 1.35. The SMILES string of the molecule is COCCOC(=O)c1ccc(N2C(=O)C(Cl)=C(c3ccccc3)C2=O)cc1. The largest absolute Gasteiger partial charge is 0.460 e. The summed E-state index contributed by atoms with van der Waals surface area (Å²) in [6.07, 6.45) is 0. The second-order valence-electron chi connectivity index (χ2n) is 5.68. The van der Waals surface area contributed by atoms with E-state index in [2.05, 4.69) is 0 Å². The van der Waals surface area contributed by atoms with Crippen molar-refractivity contribution in [3.05, 3.63) is 70.8 Å². The third-order valence-corrected chi connectivity index (χ3v) is 4.32. The number of esters is 1. The van der Waals surface area contributed by atoms with Crippen molar-refractivity contribution in [2.75, 3.05) is 25.2 Å². The number of benzene rings is 2. The number of rotatable bonds is 6. The van der Waals surface area contributed by atoms with Crippen LogP contribution in [0.4, 0.5) is 5.69 Å². The molecular weight excluding hydrogens is 370 g/mol. The molecular formula is C20H16ClNO5. The van der Waals surface area contributed by atoms with Gasteiger partial charge in [0.1, 0.15) is 11.6 Å². The molecule has 3 rings (SSSR count). The molecule has 2 aromatic rings. The summed E-state index contributed by atoms with van der Waals surface area (Å²) in [6.45, 7) is 0.438. The summed E-state index contributed by atoms with van der Waals surface area (Å²) in [4.78, 5) is 38.2. The zero-order valence-corrected chi connectivity index (χ0v) is 15.2. The van der Waals surface area contributed by atoms with Gasteiger partial charge in [-0.2, -0.15) is 0 Å². The maximum absolute atomic E-state index is 12.8. The monoisotopic (exact) mass is 385 g/mol. The van der Waals surface area contributed by atoms with E-state index >= 15 is 0 Å². The third-order valence-electron chi connectivity index (χ3n) is 3.97. The minimum atomic E-state index is -0.601. The summed E-state index contributed by atoms with van der Waals surface area (Å²) < 4.78 is 9.85. The average molecular weight is 386 g/mol. The lowest BCUT2D eigenvalue weighted by Crippen LogP contribution is -2.31. The van der Waals surface area contributed by atoms with Crippen LogP contribution in [0.25, 0.3) is 5.57 Å². The molecule has 2 amide bonds. The van der Waals surface area contributed by atoms with E-state index in [4.69, 9.17) is 21.1 Å². The van der Waals surface area contributed by atoms with Gasteiger partial charge in [0.05, 0.1) is 23.4 Å². The van der Waals surface area contributed by atoms with Gasteiger partial charge in [-0.15, -0.1) is 0 Å². The predicted octanol–water partition coefficient (Wildman–Crippen LogP) is 3.01. The van der Waals surface area contributed by atoms with Crippen LogP contribution in [0, 0.1) is 0 Å². The quantitative estimate of drug-likeness (QED) is 0.434. The second kappa shape index (κ2) is 8.16. The van der Waals surface area contributed by atoms with E-state index < -0.39 is 17.8 Å².